The molecule has 1 aliphatic carbocycles. The summed E-state index contributed by atoms with van der Waals surface area (Å²) in [5.41, 5.74) is 1.59. The molecule has 0 fully saturated rings. The molecule has 52 heavy (non-hydrogen) atoms. The van der Waals surface area contributed by atoms with E-state index in [2.05, 4.69) is 25.4 Å². The van der Waals surface area contributed by atoms with Crippen molar-refractivity contribution in [1.82, 2.24) is 25.2 Å². The van der Waals surface area contributed by atoms with E-state index < -0.39 is 56.0 Å². The molecule has 2 heterocycles. The lowest BCUT2D eigenvalue weighted by Gasteiger charge is -2.21. The molecular weight excluding hydrogens is 718 g/mol. The number of ether oxygens (including phenoxy) is 1. The number of nitrogens with one attached hydrogen (secondary N) is 3. The lowest BCUT2D eigenvalue weighted by molar-refractivity contribution is 0.00683. The molecule has 1 atom stereocenters. The number of aromatic nitrogens is 3. The first-order valence-corrected chi connectivity index (χ1v) is 17.9. The normalized spacial score (nSPS) is 14.2. The van der Waals surface area contributed by atoms with Gasteiger partial charge in [-0.2, -0.15) is 5.10 Å². The molecule has 0 spiro atoms. The molecule has 270 valence electrons. The van der Waals surface area contributed by atoms with E-state index in [1.54, 1.807) is 45.0 Å². The standard InChI is InChI=1S/C36H33ClF2N6O6S/c1-19-21-12-14-27(23(21)11-10-22(19)35(48)51-36(2,3)4)43-34(47)30-16-29(33(46)40-17-20-9-13-25(38)26(39)15-20)42-32-31(18-41-45(30)32)52(49,50)44-28-8-6-5-7-24(28)37/h5-11,13,15-16,18,27,44H,12,14,17H2,1-4H3,(H,40,46)(H,43,47)/t27-/m0/s1. The van der Waals surface area contributed by atoms with Crippen molar-refractivity contribution in [2.45, 2.75) is 63.6 Å². The molecule has 0 bridgehead atoms. The zero-order valence-corrected chi connectivity index (χ0v) is 30.0. The van der Waals surface area contributed by atoms with E-state index in [9.17, 15) is 31.6 Å². The van der Waals surface area contributed by atoms with Crippen molar-refractivity contribution < 1.29 is 36.3 Å². The maximum atomic E-state index is 14.0. The highest BCUT2D eigenvalue weighted by Gasteiger charge is 2.31. The first-order chi connectivity index (χ1) is 24.5. The van der Waals surface area contributed by atoms with Crippen LogP contribution in [0.25, 0.3) is 5.65 Å². The van der Waals surface area contributed by atoms with Crippen LogP contribution in [0, 0.1) is 18.6 Å². The third-order valence-electron chi connectivity index (χ3n) is 8.37. The van der Waals surface area contributed by atoms with Gasteiger partial charge in [0, 0.05) is 12.6 Å². The number of rotatable bonds is 9. The Kier molecular flexibility index (Phi) is 9.77. The second-order valence-electron chi connectivity index (χ2n) is 13.2. The quantitative estimate of drug-likeness (QED) is 0.153. The van der Waals surface area contributed by atoms with E-state index in [0.29, 0.717) is 18.4 Å². The summed E-state index contributed by atoms with van der Waals surface area (Å²) < 4.78 is 63.4. The highest BCUT2D eigenvalue weighted by molar-refractivity contribution is 7.93. The van der Waals surface area contributed by atoms with Gasteiger partial charge >= 0.3 is 5.97 Å². The highest BCUT2D eigenvalue weighted by atomic mass is 35.5. The number of carbonyl (C=O) groups is 3. The Hall–Kier alpha value is -5.41. The summed E-state index contributed by atoms with van der Waals surface area (Å²) in [5, 5.41) is 9.77. The number of esters is 1. The zero-order valence-electron chi connectivity index (χ0n) is 28.4. The molecule has 1 aliphatic rings. The number of hydrogen-bond acceptors (Lipinski definition) is 8. The summed E-state index contributed by atoms with van der Waals surface area (Å²) >= 11 is 6.19. The minimum atomic E-state index is -4.42. The Morgan fingerprint density at radius 1 is 1.02 bits per heavy atom. The molecule has 2 aromatic heterocycles. The summed E-state index contributed by atoms with van der Waals surface area (Å²) in [5.74, 6) is -4.14. The van der Waals surface area contributed by atoms with Crippen molar-refractivity contribution in [2.75, 3.05) is 4.72 Å². The van der Waals surface area contributed by atoms with E-state index in [1.165, 1.54) is 18.2 Å². The van der Waals surface area contributed by atoms with Gasteiger partial charge in [0.05, 0.1) is 28.5 Å². The van der Waals surface area contributed by atoms with E-state index in [4.69, 9.17) is 16.3 Å². The minimum absolute atomic E-state index is 0.0759. The smallest absolute Gasteiger partial charge is 0.338 e. The summed E-state index contributed by atoms with van der Waals surface area (Å²) in [6, 6.07) is 13.3. The minimum Gasteiger partial charge on any atom is -0.456 e. The topological polar surface area (TPSA) is 161 Å². The Morgan fingerprint density at radius 2 is 1.77 bits per heavy atom. The fourth-order valence-corrected chi connectivity index (χ4v) is 7.27. The van der Waals surface area contributed by atoms with Crippen LogP contribution in [0.3, 0.4) is 0 Å². The predicted molar refractivity (Wildman–Crippen MR) is 188 cm³/mol. The van der Waals surface area contributed by atoms with Crippen LogP contribution < -0.4 is 15.4 Å². The summed E-state index contributed by atoms with van der Waals surface area (Å²) in [7, 11) is -4.42. The molecule has 0 radical (unpaired) electrons. The van der Waals surface area contributed by atoms with E-state index in [-0.39, 0.29) is 39.9 Å². The van der Waals surface area contributed by atoms with Gasteiger partial charge in [-0.15, -0.1) is 0 Å². The number of hydrogen-bond donors (Lipinski definition) is 3. The van der Waals surface area contributed by atoms with Gasteiger partial charge in [0.15, 0.2) is 22.2 Å². The number of benzene rings is 3. The van der Waals surface area contributed by atoms with Gasteiger partial charge < -0.3 is 15.4 Å². The van der Waals surface area contributed by atoms with Crippen molar-refractivity contribution in [3.63, 3.8) is 0 Å². The van der Waals surface area contributed by atoms with Gasteiger partial charge in [-0.3, -0.25) is 14.3 Å². The average Bonchev–Trinajstić information content (AvgIpc) is 3.70. The molecule has 12 nitrogen and oxygen atoms in total. The lowest BCUT2D eigenvalue weighted by atomic mass is 9.97. The van der Waals surface area contributed by atoms with Crippen LogP contribution in [0.5, 0.6) is 0 Å². The molecule has 16 heteroatoms. The number of carbonyl (C=O) groups excluding carboxylic acids is 3. The van der Waals surface area contributed by atoms with E-state index >= 15 is 0 Å². The van der Waals surface area contributed by atoms with Crippen molar-refractivity contribution in [2.24, 2.45) is 0 Å². The second-order valence-corrected chi connectivity index (χ2v) is 15.2. The molecular formula is C36H33ClF2N6O6S. The first kappa shape index (κ1) is 36.4. The van der Waals surface area contributed by atoms with Crippen LogP contribution in [-0.4, -0.2) is 46.4 Å². The van der Waals surface area contributed by atoms with Crippen molar-refractivity contribution in [3.05, 3.63) is 123 Å². The molecule has 2 amide bonds. The number of amides is 2. The summed E-state index contributed by atoms with van der Waals surface area (Å²) in [6.07, 6.45) is 2.05. The number of anilines is 1. The predicted octanol–water partition coefficient (Wildman–Crippen LogP) is 6.07. The Morgan fingerprint density at radius 3 is 2.48 bits per heavy atom. The Labute approximate surface area is 302 Å². The highest BCUT2D eigenvalue weighted by Crippen LogP contribution is 2.35. The van der Waals surface area contributed by atoms with Gasteiger partial charge in [0.1, 0.15) is 17.0 Å². The molecule has 6 rings (SSSR count). The Balaban J connectivity index is 1.34. The van der Waals surface area contributed by atoms with Crippen LogP contribution in [0.2, 0.25) is 5.02 Å². The van der Waals surface area contributed by atoms with Crippen molar-refractivity contribution in [3.8, 4) is 0 Å². The van der Waals surface area contributed by atoms with Crippen LogP contribution in [-0.2, 0) is 27.7 Å². The fraction of sp³-hybridized carbons (Fsp3) is 0.250. The number of sulfonamides is 1. The Bertz CT molecular complexity index is 2380. The molecule has 0 saturated carbocycles. The number of nitrogens with zero attached hydrogens (tertiary/aromatic N) is 3. The fourth-order valence-electron chi connectivity index (χ4n) is 5.89. The first-order valence-electron chi connectivity index (χ1n) is 16.1. The van der Waals surface area contributed by atoms with Gasteiger partial charge in [0.2, 0.25) is 0 Å². The van der Waals surface area contributed by atoms with Crippen molar-refractivity contribution >= 4 is 50.7 Å². The van der Waals surface area contributed by atoms with Crippen molar-refractivity contribution in [1.29, 1.82) is 0 Å². The van der Waals surface area contributed by atoms with E-state index in [1.807, 2.05) is 6.92 Å². The maximum Gasteiger partial charge on any atom is 0.338 e. The van der Waals surface area contributed by atoms with Crippen LogP contribution in [0.1, 0.15) is 86.8 Å². The lowest BCUT2D eigenvalue weighted by Crippen LogP contribution is -2.31. The van der Waals surface area contributed by atoms with Gasteiger partial charge in [-0.25, -0.2) is 31.5 Å². The van der Waals surface area contributed by atoms with Crippen LogP contribution in [0.15, 0.2) is 71.8 Å². The molecule has 0 saturated heterocycles. The molecule has 0 aliphatic heterocycles. The van der Waals surface area contributed by atoms with Gasteiger partial charge in [-0.1, -0.05) is 35.9 Å². The SMILES string of the molecule is Cc1c(C(=O)OC(C)(C)C)ccc2c1CC[C@@H]2NC(=O)c1cc(C(=O)NCc2ccc(F)c(F)c2)nc2c(S(=O)(=O)Nc3ccccc3Cl)cnn12. The zero-order chi connectivity index (χ0) is 37.5. The number of halogens is 3. The average molecular weight is 751 g/mol. The third-order valence-corrected chi connectivity index (χ3v) is 10.1. The van der Waals surface area contributed by atoms with Gasteiger partial charge in [0.25, 0.3) is 21.8 Å². The molecule has 0 unspecified atom stereocenters. The molecule has 3 N–H and O–H groups in total. The second kappa shape index (κ2) is 14.0. The monoisotopic (exact) mass is 750 g/mol. The van der Waals surface area contributed by atoms with Crippen LogP contribution in [0.4, 0.5) is 14.5 Å². The largest absolute Gasteiger partial charge is 0.456 e. The summed E-state index contributed by atoms with van der Waals surface area (Å²) in [6.45, 7) is 6.94. The summed E-state index contributed by atoms with van der Waals surface area (Å²) in [4.78, 5) is 44.1. The number of fused-ring (bicyclic) bond motifs is 2. The van der Waals surface area contributed by atoms with Gasteiger partial charge in [-0.05, 0) is 93.1 Å². The maximum absolute atomic E-state index is 14.0. The van der Waals surface area contributed by atoms with Crippen LogP contribution >= 0.6 is 11.6 Å². The molecule has 3 aromatic carbocycles. The number of para-hydroxylation sites is 1. The molecule has 5 aromatic rings. The van der Waals surface area contributed by atoms with E-state index in [0.717, 1.165) is 45.6 Å². The third kappa shape index (κ3) is 7.46.